The lowest BCUT2D eigenvalue weighted by Gasteiger charge is -2.14. The van der Waals surface area contributed by atoms with Crippen molar-refractivity contribution in [3.05, 3.63) is 48.5 Å². The molecule has 4 heteroatoms. The van der Waals surface area contributed by atoms with Crippen LogP contribution in [0.25, 0.3) is 5.69 Å². The summed E-state index contributed by atoms with van der Waals surface area (Å²) in [5.41, 5.74) is 2.49. The first kappa shape index (κ1) is 14.3. The Morgan fingerprint density at radius 3 is 2.62 bits per heavy atom. The van der Waals surface area contributed by atoms with E-state index in [4.69, 9.17) is 0 Å². The van der Waals surface area contributed by atoms with E-state index in [1.807, 2.05) is 17.1 Å². The highest BCUT2D eigenvalue weighted by Gasteiger charge is 2.09. The molecule has 112 valence electrons. The normalized spacial score (nSPS) is 15.6. The molecule has 4 nitrogen and oxygen atoms in total. The van der Waals surface area contributed by atoms with Crippen LogP contribution in [0.1, 0.15) is 24.8 Å². The number of nitrogens with one attached hydrogen (secondary N) is 1. The quantitative estimate of drug-likeness (QED) is 0.793. The molecule has 0 unspecified atom stereocenters. The van der Waals surface area contributed by atoms with E-state index in [0.29, 0.717) is 0 Å². The van der Waals surface area contributed by atoms with Crippen LogP contribution in [0.15, 0.2) is 43.0 Å². The second-order valence-electron chi connectivity index (χ2n) is 5.72. The topological polar surface area (TPSA) is 33.1 Å². The summed E-state index contributed by atoms with van der Waals surface area (Å²) in [5.74, 6) is 0. The van der Waals surface area contributed by atoms with Crippen molar-refractivity contribution in [2.24, 2.45) is 0 Å². The lowest BCUT2D eigenvalue weighted by Crippen LogP contribution is -2.24. The number of aromatic nitrogens is 2. The minimum atomic E-state index is 0.949. The summed E-state index contributed by atoms with van der Waals surface area (Å²) < 4.78 is 2.02. The van der Waals surface area contributed by atoms with Gasteiger partial charge in [0.15, 0.2) is 0 Å². The van der Waals surface area contributed by atoms with Gasteiger partial charge in [-0.05, 0) is 63.1 Å². The van der Waals surface area contributed by atoms with Crippen LogP contribution in [-0.2, 0) is 6.54 Å². The van der Waals surface area contributed by atoms with Crippen LogP contribution in [-0.4, -0.2) is 40.6 Å². The van der Waals surface area contributed by atoms with Gasteiger partial charge in [-0.2, -0.15) is 0 Å². The van der Waals surface area contributed by atoms with Gasteiger partial charge in [-0.1, -0.05) is 12.1 Å². The Hall–Kier alpha value is -1.65. The first-order chi connectivity index (χ1) is 10.4. The first-order valence-electron chi connectivity index (χ1n) is 7.92. The van der Waals surface area contributed by atoms with Gasteiger partial charge in [-0.15, -0.1) is 0 Å². The Bertz CT molecular complexity index is 512. The molecule has 0 spiro atoms. The molecule has 1 saturated heterocycles. The van der Waals surface area contributed by atoms with Crippen molar-refractivity contribution in [2.45, 2.75) is 25.8 Å². The maximum Gasteiger partial charge on any atom is 0.0991 e. The van der Waals surface area contributed by atoms with Gasteiger partial charge in [-0.25, -0.2) is 4.98 Å². The van der Waals surface area contributed by atoms with E-state index in [0.717, 1.165) is 18.8 Å². The van der Waals surface area contributed by atoms with Gasteiger partial charge >= 0.3 is 0 Å². The summed E-state index contributed by atoms with van der Waals surface area (Å²) in [5, 5.41) is 3.53. The molecule has 21 heavy (non-hydrogen) atoms. The fourth-order valence-electron chi connectivity index (χ4n) is 2.86. The van der Waals surface area contributed by atoms with Gasteiger partial charge in [0.2, 0.25) is 0 Å². The van der Waals surface area contributed by atoms with Crippen molar-refractivity contribution in [2.75, 3.05) is 26.2 Å². The zero-order chi connectivity index (χ0) is 14.3. The van der Waals surface area contributed by atoms with Gasteiger partial charge in [0.05, 0.1) is 6.33 Å². The zero-order valence-electron chi connectivity index (χ0n) is 12.5. The standard InChI is InChI=1S/C17H24N4/c1-2-11-20(10-1)12-3-8-18-14-16-4-6-17(7-5-16)21-13-9-19-15-21/h4-7,9,13,15,18H,1-3,8,10-12,14H2. The molecule has 2 aromatic rings. The third kappa shape index (κ3) is 4.16. The monoisotopic (exact) mass is 284 g/mol. The number of hydrogen-bond acceptors (Lipinski definition) is 3. The third-order valence-electron chi connectivity index (χ3n) is 4.09. The Kier molecular flexibility index (Phi) is 5.03. The van der Waals surface area contributed by atoms with E-state index in [1.54, 1.807) is 6.20 Å². The lowest BCUT2D eigenvalue weighted by atomic mass is 10.2. The van der Waals surface area contributed by atoms with Crippen LogP contribution >= 0.6 is 0 Å². The van der Waals surface area contributed by atoms with Crippen LogP contribution < -0.4 is 5.32 Å². The highest BCUT2D eigenvalue weighted by Crippen LogP contribution is 2.09. The maximum absolute atomic E-state index is 4.07. The molecule has 0 radical (unpaired) electrons. The average molecular weight is 284 g/mol. The summed E-state index contributed by atoms with van der Waals surface area (Å²) in [6.07, 6.45) is 9.60. The summed E-state index contributed by atoms with van der Waals surface area (Å²) in [7, 11) is 0. The highest BCUT2D eigenvalue weighted by atomic mass is 15.1. The molecular weight excluding hydrogens is 260 g/mol. The Balaban J connectivity index is 1.37. The average Bonchev–Trinajstić information content (AvgIpc) is 3.21. The van der Waals surface area contributed by atoms with Crippen LogP contribution in [0, 0.1) is 0 Å². The molecular formula is C17H24N4. The van der Waals surface area contributed by atoms with Crippen molar-refractivity contribution >= 4 is 0 Å². The molecule has 2 heterocycles. The molecule has 0 bridgehead atoms. The second-order valence-corrected chi connectivity index (χ2v) is 5.72. The zero-order valence-corrected chi connectivity index (χ0v) is 12.5. The van der Waals surface area contributed by atoms with Crippen molar-refractivity contribution < 1.29 is 0 Å². The lowest BCUT2D eigenvalue weighted by molar-refractivity contribution is 0.331. The molecule has 1 aromatic carbocycles. The summed E-state index contributed by atoms with van der Waals surface area (Å²) in [6, 6.07) is 8.65. The molecule has 1 N–H and O–H groups in total. The smallest absolute Gasteiger partial charge is 0.0991 e. The van der Waals surface area contributed by atoms with Crippen molar-refractivity contribution in [1.29, 1.82) is 0 Å². The molecule has 3 rings (SSSR count). The molecule has 0 atom stereocenters. The molecule has 1 fully saturated rings. The van der Waals surface area contributed by atoms with E-state index in [-0.39, 0.29) is 0 Å². The largest absolute Gasteiger partial charge is 0.313 e. The molecule has 0 aliphatic carbocycles. The SMILES string of the molecule is c1cn(-c2ccc(CNCCCN3CCCC3)cc2)cn1. The van der Waals surface area contributed by atoms with Gasteiger partial charge in [0, 0.05) is 24.6 Å². The van der Waals surface area contributed by atoms with Crippen LogP contribution in [0.3, 0.4) is 0 Å². The van der Waals surface area contributed by atoms with Crippen molar-refractivity contribution in [1.82, 2.24) is 19.8 Å². The van der Waals surface area contributed by atoms with E-state index in [9.17, 15) is 0 Å². The minimum Gasteiger partial charge on any atom is -0.313 e. The molecule has 1 aliphatic heterocycles. The highest BCUT2D eigenvalue weighted by molar-refractivity contribution is 5.34. The maximum atomic E-state index is 4.07. The van der Waals surface area contributed by atoms with Crippen LogP contribution in [0.5, 0.6) is 0 Å². The molecule has 1 aromatic heterocycles. The van der Waals surface area contributed by atoms with E-state index in [2.05, 4.69) is 39.5 Å². The van der Waals surface area contributed by atoms with Gasteiger partial charge < -0.3 is 14.8 Å². The number of imidazole rings is 1. The second kappa shape index (κ2) is 7.38. The van der Waals surface area contributed by atoms with Gasteiger partial charge in [0.1, 0.15) is 0 Å². The fraction of sp³-hybridized carbons (Fsp3) is 0.471. The molecule has 0 saturated carbocycles. The van der Waals surface area contributed by atoms with Crippen molar-refractivity contribution in [3.63, 3.8) is 0 Å². The van der Waals surface area contributed by atoms with E-state index >= 15 is 0 Å². The molecule has 0 amide bonds. The number of nitrogens with zero attached hydrogens (tertiary/aromatic N) is 3. The summed E-state index contributed by atoms with van der Waals surface area (Å²) in [4.78, 5) is 6.64. The number of benzene rings is 1. The summed E-state index contributed by atoms with van der Waals surface area (Å²) >= 11 is 0. The molecule has 1 aliphatic rings. The predicted octanol–water partition coefficient (Wildman–Crippen LogP) is 2.45. The van der Waals surface area contributed by atoms with E-state index in [1.165, 1.54) is 44.5 Å². The van der Waals surface area contributed by atoms with E-state index < -0.39 is 0 Å². The number of rotatable bonds is 7. The Morgan fingerprint density at radius 2 is 1.90 bits per heavy atom. The van der Waals surface area contributed by atoms with Crippen LogP contribution in [0.2, 0.25) is 0 Å². The Morgan fingerprint density at radius 1 is 1.10 bits per heavy atom. The first-order valence-corrected chi connectivity index (χ1v) is 7.92. The minimum absolute atomic E-state index is 0.949. The third-order valence-corrected chi connectivity index (χ3v) is 4.09. The van der Waals surface area contributed by atoms with Gasteiger partial charge in [0.25, 0.3) is 0 Å². The number of likely N-dealkylation sites (tertiary alicyclic amines) is 1. The predicted molar refractivity (Wildman–Crippen MR) is 85.6 cm³/mol. The van der Waals surface area contributed by atoms with Crippen molar-refractivity contribution in [3.8, 4) is 5.69 Å². The summed E-state index contributed by atoms with van der Waals surface area (Å²) in [6.45, 7) is 5.89. The Labute approximate surface area is 126 Å². The number of hydrogen-bond donors (Lipinski definition) is 1. The fourth-order valence-corrected chi connectivity index (χ4v) is 2.86. The van der Waals surface area contributed by atoms with Gasteiger partial charge in [-0.3, -0.25) is 0 Å². The van der Waals surface area contributed by atoms with Crippen LogP contribution in [0.4, 0.5) is 0 Å².